The Labute approximate surface area is 80.2 Å². The Morgan fingerprint density at radius 1 is 1.46 bits per heavy atom. The standard InChI is InChI=1S/C12H17N/c1-3-12(13-2)11-8-9-6-4-5-7-10(9)11/h4-7,11-13H,3,8H2,1-2H3. The Balaban J connectivity index is 2.16. The Bertz CT molecular complexity index is 289. The van der Waals surface area contributed by atoms with Crippen molar-refractivity contribution in [2.75, 3.05) is 7.05 Å². The number of hydrogen-bond donors (Lipinski definition) is 1. The highest BCUT2D eigenvalue weighted by molar-refractivity contribution is 5.41. The van der Waals surface area contributed by atoms with Crippen LogP contribution >= 0.6 is 0 Å². The van der Waals surface area contributed by atoms with E-state index in [9.17, 15) is 0 Å². The molecule has 2 atom stereocenters. The maximum atomic E-state index is 3.39. The van der Waals surface area contributed by atoms with Crippen LogP contribution in [0, 0.1) is 0 Å². The van der Waals surface area contributed by atoms with Gasteiger partial charge in [-0.15, -0.1) is 0 Å². The van der Waals surface area contributed by atoms with Crippen molar-refractivity contribution in [3.63, 3.8) is 0 Å². The van der Waals surface area contributed by atoms with Gasteiger partial charge in [0.1, 0.15) is 0 Å². The van der Waals surface area contributed by atoms with Crippen LogP contribution in [0.25, 0.3) is 0 Å². The van der Waals surface area contributed by atoms with Gasteiger partial charge in [0, 0.05) is 12.0 Å². The first kappa shape index (κ1) is 8.76. The summed E-state index contributed by atoms with van der Waals surface area (Å²) in [5.41, 5.74) is 3.10. The molecular formula is C12H17N. The van der Waals surface area contributed by atoms with Crippen molar-refractivity contribution < 1.29 is 0 Å². The molecule has 1 aliphatic carbocycles. The van der Waals surface area contributed by atoms with E-state index in [4.69, 9.17) is 0 Å². The molecule has 2 unspecified atom stereocenters. The van der Waals surface area contributed by atoms with Crippen LogP contribution in [0.3, 0.4) is 0 Å². The number of nitrogens with one attached hydrogen (secondary N) is 1. The highest BCUT2D eigenvalue weighted by atomic mass is 14.9. The van der Waals surface area contributed by atoms with Crippen molar-refractivity contribution in [3.8, 4) is 0 Å². The van der Waals surface area contributed by atoms with E-state index in [1.165, 1.54) is 12.8 Å². The fourth-order valence-electron chi connectivity index (χ4n) is 2.35. The Kier molecular flexibility index (Phi) is 2.36. The molecule has 13 heavy (non-hydrogen) atoms. The number of hydrogen-bond acceptors (Lipinski definition) is 1. The summed E-state index contributed by atoms with van der Waals surface area (Å²) < 4.78 is 0. The molecule has 0 spiro atoms. The molecule has 0 aromatic heterocycles. The van der Waals surface area contributed by atoms with Gasteiger partial charge >= 0.3 is 0 Å². The molecule has 0 radical (unpaired) electrons. The van der Waals surface area contributed by atoms with Gasteiger partial charge in [0.05, 0.1) is 0 Å². The third-order valence-corrected chi connectivity index (χ3v) is 3.19. The van der Waals surface area contributed by atoms with E-state index in [1.54, 1.807) is 11.1 Å². The number of likely N-dealkylation sites (N-methyl/N-ethyl adjacent to an activating group) is 1. The van der Waals surface area contributed by atoms with Crippen LogP contribution in [-0.2, 0) is 6.42 Å². The van der Waals surface area contributed by atoms with Gasteiger partial charge in [-0.05, 0) is 31.0 Å². The fraction of sp³-hybridized carbons (Fsp3) is 0.500. The number of benzene rings is 1. The summed E-state index contributed by atoms with van der Waals surface area (Å²) in [6.07, 6.45) is 2.48. The zero-order valence-electron chi connectivity index (χ0n) is 8.38. The van der Waals surface area contributed by atoms with E-state index >= 15 is 0 Å². The molecular weight excluding hydrogens is 158 g/mol. The van der Waals surface area contributed by atoms with Gasteiger partial charge in [0.25, 0.3) is 0 Å². The third kappa shape index (κ3) is 1.37. The third-order valence-electron chi connectivity index (χ3n) is 3.19. The maximum Gasteiger partial charge on any atom is 0.0133 e. The number of fused-ring (bicyclic) bond motifs is 1. The molecule has 70 valence electrons. The van der Waals surface area contributed by atoms with Crippen molar-refractivity contribution in [1.29, 1.82) is 0 Å². The van der Waals surface area contributed by atoms with E-state index in [0.717, 1.165) is 5.92 Å². The second kappa shape index (κ2) is 3.51. The first-order chi connectivity index (χ1) is 6.36. The molecule has 1 aliphatic rings. The molecule has 0 amide bonds. The second-order valence-corrected chi connectivity index (χ2v) is 3.81. The average Bonchev–Trinajstić information content (AvgIpc) is 2.14. The second-order valence-electron chi connectivity index (χ2n) is 3.81. The van der Waals surface area contributed by atoms with Gasteiger partial charge < -0.3 is 5.32 Å². The highest BCUT2D eigenvalue weighted by Crippen LogP contribution is 2.37. The van der Waals surface area contributed by atoms with Crippen LogP contribution < -0.4 is 5.32 Å². The Morgan fingerprint density at radius 3 is 2.85 bits per heavy atom. The molecule has 1 heteroatoms. The maximum absolute atomic E-state index is 3.39. The molecule has 1 aromatic carbocycles. The van der Waals surface area contributed by atoms with E-state index in [1.807, 2.05) is 0 Å². The summed E-state index contributed by atoms with van der Waals surface area (Å²) in [4.78, 5) is 0. The molecule has 0 fully saturated rings. The summed E-state index contributed by atoms with van der Waals surface area (Å²) >= 11 is 0. The van der Waals surface area contributed by atoms with E-state index < -0.39 is 0 Å². The van der Waals surface area contributed by atoms with Crippen LogP contribution in [0.15, 0.2) is 24.3 Å². The highest BCUT2D eigenvalue weighted by Gasteiger charge is 2.30. The van der Waals surface area contributed by atoms with Gasteiger partial charge in [-0.3, -0.25) is 0 Å². The van der Waals surface area contributed by atoms with Crippen molar-refractivity contribution in [1.82, 2.24) is 5.32 Å². The molecule has 0 saturated heterocycles. The van der Waals surface area contributed by atoms with Gasteiger partial charge in [-0.2, -0.15) is 0 Å². The summed E-state index contributed by atoms with van der Waals surface area (Å²) in [7, 11) is 2.06. The van der Waals surface area contributed by atoms with Crippen LogP contribution in [0.5, 0.6) is 0 Å². The van der Waals surface area contributed by atoms with E-state index in [-0.39, 0.29) is 0 Å². The van der Waals surface area contributed by atoms with Gasteiger partial charge in [-0.1, -0.05) is 31.2 Å². The van der Waals surface area contributed by atoms with Crippen molar-refractivity contribution in [3.05, 3.63) is 35.4 Å². The molecule has 2 rings (SSSR count). The van der Waals surface area contributed by atoms with E-state index in [2.05, 4.69) is 43.6 Å². The predicted molar refractivity (Wildman–Crippen MR) is 56.0 cm³/mol. The molecule has 1 N–H and O–H groups in total. The predicted octanol–water partition coefficient (Wildman–Crippen LogP) is 2.32. The zero-order chi connectivity index (χ0) is 9.26. The quantitative estimate of drug-likeness (QED) is 0.743. The van der Waals surface area contributed by atoms with Crippen LogP contribution in [0.2, 0.25) is 0 Å². The van der Waals surface area contributed by atoms with Crippen molar-refractivity contribution >= 4 is 0 Å². The largest absolute Gasteiger partial charge is 0.316 e. The van der Waals surface area contributed by atoms with Crippen molar-refractivity contribution in [2.45, 2.75) is 31.7 Å². The molecule has 0 heterocycles. The van der Waals surface area contributed by atoms with E-state index in [0.29, 0.717) is 6.04 Å². The molecule has 1 nitrogen and oxygen atoms in total. The van der Waals surface area contributed by atoms with Gasteiger partial charge in [0.15, 0.2) is 0 Å². The SMILES string of the molecule is CCC(NC)C1Cc2ccccc21. The minimum atomic E-state index is 0.662. The first-order valence-electron chi connectivity index (χ1n) is 5.12. The lowest BCUT2D eigenvalue weighted by atomic mass is 9.73. The minimum absolute atomic E-state index is 0.662. The molecule has 1 aromatic rings. The van der Waals surface area contributed by atoms with Crippen LogP contribution in [-0.4, -0.2) is 13.1 Å². The zero-order valence-corrected chi connectivity index (χ0v) is 8.38. The Morgan fingerprint density at radius 2 is 2.23 bits per heavy atom. The first-order valence-corrected chi connectivity index (χ1v) is 5.12. The lowest BCUT2D eigenvalue weighted by Gasteiger charge is -2.36. The normalized spacial score (nSPS) is 21.8. The minimum Gasteiger partial charge on any atom is -0.316 e. The van der Waals surface area contributed by atoms with Crippen LogP contribution in [0.1, 0.15) is 30.4 Å². The summed E-state index contributed by atoms with van der Waals surface area (Å²) in [5.74, 6) is 0.756. The average molecular weight is 175 g/mol. The monoisotopic (exact) mass is 175 g/mol. The molecule has 0 aliphatic heterocycles. The summed E-state index contributed by atoms with van der Waals surface area (Å²) in [5, 5.41) is 3.39. The molecule has 0 bridgehead atoms. The Hall–Kier alpha value is -0.820. The fourth-order valence-corrected chi connectivity index (χ4v) is 2.35. The lowest BCUT2D eigenvalue weighted by molar-refractivity contribution is 0.414. The smallest absolute Gasteiger partial charge is 0.0133 e. The van der Waals surface area contributed by atoms with Crippen LogP contribution in [0.4, 0.5) is 0 Å². The van der Waals surface area contributed by atoms with Gasteiger partial charge in [0.2, 0.25) is 0 Å². The topological polar surface area (TPSA) is 12.0 Å². The lowest BCUT2D eigenvalue weighted by Crippen LogP contribution is -2.37. The number of rotatable bonds is 3. The summed E-state index contributed by atoms with van der Waals surface area (Å²) in [6, 6.07) is 9.45. The van der Waals surface area contributed by atoms with Crippen molar-refractivity contribution in [2.24, 2.45) is 0 Å². The van der Waals surface area contributed by atoms with Gasteiger partial charge in [-0.25, -0.2) is 0 Å². The summed E-state index contributed by atoms with van der Waals surface area (Å²) in [6.45, 7) is 2.25. The molecule has 0 saturated carbocycles.